The van der Waals surface area contributed by atoms with Crippen molar-refractivity contribution in [2.45, 2.75) is 39.0 Å². The summed E-state index contributed by atoms with van der Waals surface area (Å²) in [6, 6.07) is 5.90. The summed E-state index contributed by atoms with van der Waals surface area (Å²) in [4.78, 5) is 33.8. The number of para-hydroxylation sites is 1. The van der Waals surface area contributed by atoms with Gasteiger partial charge in [-0.25, -0.2) is 0 Å². The highest BCUT2D eigenvalue weighted by Crippen LogP contribution is 2.17. The number of unbranched alkanes of at least 4 members (excludes halogenated alkanes) is 1. The molecule has 0 aliphatic heterocycles. The molecule has 22 heavy (non-hydrogen) atoms. The number of hydrogen-bond donors (Lipinski definition) is 1. The molecule has 120 valence electrons. The summed E-state index contributed by atoms with van der Waals surface area (Å²) >= 11 is 0. The summed E-state index contributed by atoms with van der Waals surface area (Å²) in [6.45, 7) is 1.95. The van der Waals surface area contributed by atoms with Crippen molar-refractivity contribution in [1.82, 2.24) is 0 Å². The van der Waals surface area contributed by atoms with Gasteiger partial charge in [0.15, 0.2) is 0 Å². The van der Waals surface area contributed by atoms with E-state index in [4.69, 9.17) is 0 Å². The Morgan fingerprint density at radius 2 is 1.82 bits per heavy atom. The first kappa shape index (κ1) is 17.7. The highest BCUT2D eigenvalue weighted by atomic mass is 16.4. The normalized spacial score (nSPS) is 11.7. The van der Waals surface area contributed by atoms with Gasteiger partial charge in [-0.15, -0.1) is 0 Å². The smallest absolute Gasteiger partial charge is 0.224 e. The zero-order chi connectivity index (χ0) is 16.5. The number of carbonyl (C=O) groups excluding carboxylic acids is 3. The average Bonchev–Trinajstić information content (AvgIpc) is 2.47. The quantitative estimate of drug-likeness (QED) is 0.707. The molecule has 1 amide bonds. The summed E-state index contributed by atoms with van der Waals surface area (Å²) in [5.41, 5.74) is 0.0318. The number of rotatable bonds is 9. The van der Waals surface area contributed by atoms with E-state index in [2.05, 4.69) is 5.32 Å². The van der Waals surface area contributed by atoms with Crippen molar-refractivity contribution in [3.63, 3.8) is 0 Å². The summed E-state index contributed by atoms with van der Waals surface area (Å²) in [6.07, 6.45) is 2.26. The van der Waals surface area contributed by atoms with E-state index in [1.54, 1.807) is 6.07 Å². The lowest BCUT2D eigenvalue weighted by molar-refractivity contribution is -0.312. The number of benzene rings is 1. The fourth-order valence-electron chi connectivity index (χ4n) is 2.12. The van der Waals surface area contributed by atoms with Crippen LogP contribution in [-0.4, -0.2) is 17.8 Å². The van der Waals surface area contributed by atoms with E-state index in [0.717, 1.165) is 12.8 Å². The van der Waals surface area contributed by atoms with Crippen molar-refractivity contribution in [2.24, 2.45) is 5.92 Å². The molecule has 0 heterocycles. The van der Waals surface area contributed by atoms with Crippen LogP contribution in [0.3, 0.4) is 0 Å². The maximum atomic E-state index is 11.9. The Bertz CT molecular complexity index is 541. The van der Waals surface area contributed by atoms with Crippen LogP contribution in [0.5, 0.6) is 0 Å². The third-order valence-corrected chi connectivity index (χ3v) is 3.38. The second kappa shape index (κ2) is 8.81. The largest absolute Gasteiger partial charge is 0.550 e. The molecule has 0 saturated carbocycles. The second-order valence-electron chi connectivity index (χ2n) is 5.08. The van der Waals surface area contributed by atoms with Crippen LogP contribution in [0.25, 0.3) is 0 Å². The van der Waals surface area contributed by atoms with Gasteiger partial charge in [0, 0.05) is 23.6 Å². The lowest BCUT2D eigenvalue weighted by Crippen LogP contribution is -2.32. The van der Waals surface area contributed by atoms with Crippen LogP contribution < -0.4 is 15.5 Å². The third-order valence-electron chi connectivity index (χ3n) is 3.38. The van der Waals surface area contributed by atoms with Crippen molar-refractivity contribution >= 4 is 23.5 Å². The van der Waals surface area contributed by atoms with Crippen molar-refractivity contribution in [3.05, 3.63) is 29.8 Å². The number of nitrogens with one attached hydrogen (secondary N) is 1. The number of anilines is 1. The number of amides is 1. The van der Waals surface area contributed by atoms with Gasteiger partial charge in [0.2, 0.25) is 5.91 Å². The first-order valence-corrected chi connectivity index (χ1v) is 7.26. The lowest BCUT2D eigenvalue weighted by atomic mass is 9.97. The fourth-order valence-corrected chi connectivity index (χ4v) is 2.12. The van der Waals surface area contributed by atoms with Gasteiger partial charge in [-0.3, -0.25) is 4.79 Å². The van der Waals surface area contributed by atoms with E-state index in [1.807, 2.05) is 6.92 Å². The van der Waals surface area contributed by atoms with E-state index in [-0.39, 0.29) is 24.1 Å². The molecule has 0 aliphatic carbocycles. The molecule has 0 radical (unpaired) electrons. The Kier molecular flexibility index (Phi) is 7.08. The topological polar surface area (TPSA) is 109 Å². The molecule has 1 N–H and O–H groups in total. The molecule has 0 saturated heterocycles. The minimum absolute atomic E-state index is 0.0102. The van der Waals surface area contributed by atoms with Crippen molar-refractivity contribution < 1.29 is 24.6 Å². The summed E-state index contributed by atoms with van der Waals surface area (Å²) in [5.74, 6) is -3.64. The van der Waals surface area contributed by atoms with Crippen molar-refractivity contribution in [1.29, 1.82) is 0 Å². The predicted octanol–water partition coefficient (Wildman–Crippen LogP) is 0.325. The number of aromatic carboxylic acids is 1. The first-order valence-electron chi connectivity index (χ1n) is 7.26. The highest BCUT2D eigenvalue weighted by molar-refractivity contribution is 5.99. The number of hydrogen-bond acceptors (Lipinski definition) is 5. The SMILES string of the molecule is CCCC[C@@H](CCC(=O)Nc1ccccc1C(=O)[O-])C(=O)[O-]. The van der Waals surface area contributed by atoms with E-state index in [1.165, 1.54) is 18.2 Å². The molecule has 1 atom stereocenters. The zero-order valence-electron chi connectivity index (χ0n) is 12.5. The molecule has 1 aromatic rings. The zero-order valence-corrected chi connectivity index (χ0v) is 12.5. The monoisotopic (exact) mass is 305 g/mol. The molecular formula is C16H19NO5-2. The van der Waals surface area contributed by atoms with Crippen LogP contribution >= 0.6 is 0 Å². The van der Waals surface area contributed by atoms with Gasteiger partial charge in [-0.2, -0.15) is 0 Å². The Hall–Kier alpha value is -2.37. The molecule has 1 aromatic carbocycles. The molecule has 0 unspecified atom stereocenters. The molecule has 6 nitrogen and oxygen atoms in total. The Balaban J connectivity index is 2.59. The van der Waals surface area contributed by atoms with Crippen LogP contribution in [0, 0.1) is 5.92 Å². The molecule has 0 fully saturated rings. The Morgan fingerprint density at radius 3 is 2.41 bits per heavy atom. The van der Waals surface area contributed by atoms with Crippen LogP contribution in [-0.2, 0) is 9.59 Å². The molecular weight excluding hydrogens is 286 g/mol. The highest BCUT2D eigenvalue weighted by Gasteiger charge is 2.13. The van der Waals surface area contributed by atoms with Gasteiger partial charge in [0.05, 0.1) is 5.97 Å². The number of carbonyl (C=O) groups is 3. The molecule has 0 aromatic heterocycles. The van der Waals surface area contributed by atoms with Gasteiger partial charge in [0.1, 0.15) is 0 Å². The third kappa shape index (κ3) is 5.55. The van der Waals surface area contributed by atoms with Crippen LogP contribution in [0.15, 0.2) is 24.3 Å². The second-order valence-corrected chi connectivity index (χ2v) is 5.08. The van der Waals surface area contributed by atoms with Gasteiger partial charge in [-0.1, -0.05) is 38.0 Å². The Labute approximate surface area is 129 Å². The maximum Gasteiger partial charge on any atom is 0.224 e. The van der Waals surface area contributed by atoms with Gasteiger partial charge in [0.25, 0.3) is 0 Å². The fraction of sp³-hybridized carbons (Fsp3) is 0.438. The van der Waals surface area contributed by atoms with E-state index in [9.17, 15) is 24.6 Å². The number of carboxylic acids is 2. The van der Waals surface area contributed by atoms with Gasteiger partial charge >= 0.3 is 0 Å². The van der Waals surface area contributed by atoms with Gasteiger partial charge < -0.3 is 25.1 Å². The molecule has 0 bridgehead atoms. The van der Waals surface area contributed by atoms with E-state index in [0.29, 0.717) is 6.42 Å². The maximum absolute atomic E-state index is 11.9. The standard InChI is InChI=1S/C16H21NO5/c1-2-3-6-11(15(19)20)9-10-14(18)17-13-8-5-4-7-12(13)16(21)22/h4-5,7-8,11H,2-3,6,9-10H2,1H3,(H,17,18)(H,19,20)(H,21,22)/p-2/t11-/m0/s1. The number of aliphatic carboxylic acids is 1. The lowest BCUT2D eigenvalue weighted by Gasteiger charge is -2.17. The molecule has 1 rings (SSSR count). The average molecular weight is 305 g/mol. The summed E-state index contributed by atoms with van der Waals surface area (Å²) in [5, 5.41) is 24.4. The predicted molar refractivity (Wildman–Crippen MR) is 76.7 cm³/mol. The van der Waals surface area contributed by atoms with Crippen LogP contribution in [0.2, 0.25) is 0 Å². The minimum atomic E-state index is -1.38. The minimum Gasteiger partial charge on any atom is -0.550 e. The van der Waals surface area contributed by atoms with Crippen LogP contribution in [0.4, 0.5) is 5.69 Å². The Morgan fingerprint density at radius 1 is 1.14 bits per heavy atom. The summed E-state index contributed by atoms with van der Waals surface area (Å²) < 4.78 is 0. The summed E-state index contributed by atoms with van der Waals surface area (Å²) in [7, 11) is 0. The first-order chi connectivity index (χ1) is 10.5. The van der Waals surface area contributed by atoms with Crippen LogP contribution in [0.1, 0.15) is 49.4 Å². The van der Waals surface area contributed by atoms with E-state index >= 15 is 0 Å². The number of carboxylic acid groups (broad SMARTS) is 2. The van der Waals surface area contributed by atoms with Crippen molar-refractivity contribution in [3.8, 4) is 0 Å². The van der Waals surface area contributed by atoms with Crippen molar-refractivity contribution in [2.75, 3.05) is 5.32 Å². The molecule has 0 spiro atoms. The molecule has 6 heteroatoms. The molecule has 0 aliphatic rings. The van der Waals surface area contributed by atoms with E-state index < -0.39 is 23.8 Å². The van der Waals surface area contributed by atoms with Gasteiger partial charge in [-0.05, 0) is 24.8 Å².